The van der Waals surface area contributed by atoms with Crippen LogP contribution in [0.3, 0.4) is 0 Å². The molecule has 0 aromatic carbocycles. The van der Waals surface area contributed by atoms with Gasteiger partial charge in [-0.05, 0) is 32.9 Å². The molecule has 1 amide bonds. The van der Waals surface area contributed by atoms with Gasteiger partial charge < -0.3 is 10.0 Å². The largest absolute Gasteiger partial charge is 0.480 e. The number of carboxylic acids is 1. The Morgan fingerprint density at radius 3 is 2.29 bits per heavy atom. The number of carboxylic acid groups (broad SMARTS) is 1. The van der Waals surface area contributed by atoms with Crippen molar-refractivity contribution in [1.82, 2.24) is 15.1 Å². The zero-order chi connectivity index (χ0) is 13.2. The fourth-order valence-electron chi connectivity index (χ4n) is 1.08. The van der Waals surface area contributed by atoms with E-state index in [9.17, 15) is 9.59 Å². The fraction of sp³-hybridized carbons (Fsp3) is 0.455. The minimum Gasteiger partial charge on any atom is -0.480 e. The Morgan fingerprint density at radius 1 is 1.29 bits per heavy atom. The van der Waals surface area contributed by atoms with Crippen LogP contribution in [0.4, 0.5) is 0 Å². The predicted molar refractivity (Wildman–Crippen MR) is 60.6 cm³/mol. The van der Waals surface area contributed by atoms with Crippen LogP contribution in [0.1, 0.15) is 30.0 Å². The molecule has 6 nitrogen and oxygen atoms in total. The summed E-state index contributed by atoms with van der Waals surface area (Å²) in [5, 5.41) is 16.5. The number of carbonyl (C=O) groups excluding carboxylic acids is 1. The van der Waals surface area contributed by atoms with E-state index >= 15 is 0 Å². The first-order valence-corrected chi connectivity index (χ1v) is 5.08. The Bertz CT molecular complexity index is 440. The summed E-state index contributed by atoms with van der Waals surface area (Å²) in [7, 11) is 1.43. The van der Waals surface area contributed by atoms with Gasteiger partial charge in [0.2, 0.25) is 0 Å². The fourth-order valence-corrected chi connectivity index (χ4v) is 1.08. The molecule has 1 aromatic heterocycles. The van der Waals surface area contributed by atoms with E-state index in [4.69, 9.17) is 5.11 Å². The number of rotatable bonds is 3. The van der Waals surface area contributed by atoms with Gasteiger partial charge in [0.05, 0.1) is 5.69 Å². The molecule has 0 saturated heterocycles. The molecule has 0 fully saturated rings. The lowest BCUT2D eigenvalue weighted by Crippen LogP contribution is -2.51. The third-order valence-electron chi connectivity index (χ3n) is 2.68. The van der Waals surface area contributed by atoms with Crippen LogP contribution < -0.4 is 0 Å². The molecule has 17 heavy (non-hydrogen) atoms. The van der Waals surface area contributed by atoms with E-state index in [2.05, 4.69) is 10.2 Å². The molecule has 0 bridgehead atoms. The zero-order valence-electron chi connectivity index (χ0n) is 10.3. The van der Waals surface area contributed by atoms with Gasteiger partial charge in [-0.15, -0.1) is 5.10 Å². The van der Waals surface area contributed by atoms with Crippen molar-refractivity contribution >= 4 is 11.9 Å². The van der Waals surface area contributed by atoms with Crippen LogP contribution in [0.15, 0.2) is 12.1 Å². The van der Waals surface area contributed by atoms with Gasteiger partial charge in [0.15, 0.2) is 5.69 Å². The number of carbonyl (C=O) groups is 2. The van der Waals surface area contributed by atoms with Gasteiger partial charge in [-0.25, -0.2) is 4.79 Å². The van der Waals surface area contributed by atoms with Gasteiger partial charge in [0.25, 0.3) is 5.91 Å². The summed E-state index contributed by atoms with van der Waals surface area (Å²) in [4.78, 5) is 24.1. The van der Waals surface area contributed by atoms with Crippen LogP contribution in [0.5, 0.6) is 0 Å². The third kappa shape index (κ3) is 2.58. The maximum atomic E-state index is 12.0. The number of aryl methyl sites for hydroxylation is 1. The van der Waals surface area contributed by atoms with Crippen molar-refractivity contribution < 1.29 is 14.7 Å². The zero-order valence-corrected chi connectivity index (χ0v) is 10.3. The Labute approximate surface area is 99.3 Å². The van der Waals surface area contributed by atoms with E-state index in [0.29, 0.717) is 5.69 Å². The predicted octanol–water partition coefficient (Wildman–Crippen LogP) is 0.720. The van der Waals surface area contributed by atoms with E-state index < -0.39 is 17.4 Å². The number of aliphatic carboxylic acids is 1. The first kappa shape index (κ1) is 13.1. The maximum absolute atomic E-state index is 12.0. The van der Waals surface area contributed by atoms with Gasteiger partial charge in [-0.1, -0.05) is 0 Å². The summed E-state index contributed by atoms with van der Waals surface area (Å²) in [6, 6.07) is 3.18. The lowest BCUT2D eigenvalue weighted by atomic mass is 10.0. The second-order valence-corrected chi connectivity index (χ2v) is 4.29. The Balaban J connectivity index is 2.98. The molecular formula is C11H15N3O3. The SMILES string of the molecule is Cc1ccc(C(=O)N(C)C(C)(C)C(=O)O)nn1. The van der Waals surface area contributed by atoms with Crippen LogP contribution >= 0.6 is 0 Å². The monoisotopic (exact) mass is 237 g/mol. The van der Waals surface area contributed by atoms with E-state index in [1.54, 1.807) is 13.0 Å². The quantitative estimate of drug-likeness (QED) is 0.837. The van der Waals surface area contributed by atoms with Crippen LogP contribution in [0, 0.1) is 6.92 Å². The van der Waals surface area contributed by atoms with Crippen LogP contribution in [-0.2, 0) is 4.79 Å². The molecule has 1 rings (SSSR count). The highest BCUT2D eigenvalue weighted by molar-refractivity contribution is 5.95. The number of hydrogen-bond acceptors (Lipinski definition) is 4. The van der Waals surface area contributed by atoms with E-state index in [-0.39, 0.29) is 5.69 Å². The van der Waals surface area contributed by atoms with E-state index in [1.807, 2.05) is 0 Å². The lowest BCUT2D eigenvalue weighted by molar-refractivity contribution is -0.147. The second kappa shape index (κ2) is 4.48. The average molecular weight is 237 g/mol. The normalized spacial score (nSPS) is 11.1. The van der Waals surface area contributed by atoms with Gasteiger partial charge >= 0.3 is 5.97 Å². The lowest BCUT2D eigenvalue weighted by Gasteiger charge is -2.31. The molecule has 0 aliphatic heterocycles. The first-order valence-electron chi connectivity index (χ1n) is 5.08. The minimum absolute atomic E-state index is 0.132. The highest BCUT2D eigenvalue weighted by atomic mass is 16.4. The number of hydrogen-bond donors (Lipinski definition) is 1. The standard InChI is InChI=1S/C11H15N3O3/c1-7-5-6-8(13-12-7)9(15)14(4)11(2,3)10(16)17/h5-6H,1-4H3,(H,16,17). The van der Waals surface area contributed by atoms with Gasteiger partial charge in [0.1, 0.15) is 5.54 Å². The molecule has 0 radical (unpaired) electrons. The molecule has 0 saturated carbocycles. The molecular weight excluding hydrogens is 222 g/mol. The molecule has 6 heteroatoms. The molecule has 92 valence electrons. The Kier molecular flexibility index (Phi) is 3.45. The second-order valence-electron chi connectivity index (χ2n) is 4.29. The van der Waals surface area contributed by atoms with Crippen LogP contribution in [-0.4, -0.2) is 44.7 Å². The molecule has 1 N–H and O–H groups in total. The van der Waals surface area contributed by atoms with Crippen molar-refractivity contribution in [2.45, 2.75) is 26.3 Å². The molecule has 1 heterocycles. The number of likely N-dealkylation sites (N-methyl/N-ethyl adjacent to an activating group) is 1. The Hall–Kier alpha value is -1.98. The van der Waals surface area contributed by atoms with Crippen molar-refractivity contribution in [3.05, 3.63) is 23.5 Å². The van der Waals surface area contributed by atoms with Crippen molar-refractivity contribution in [2.75, 3.05) is 7.05 Å². The number of aromatic nitrogens is 2. The summed E-state index contributed by atoms with van der Waals surface area (Å²) in [5.74, 6) is -1.54. The minimum atomic E-state index is -1.29. The number of nitrogens with zero attached hydrogens (tertiary/aromatic N) is 3. The maximum Gasteiger partial charge on any atom is 0.329 e. The molecule has 0 aliphatic carbocycles. The molecule has 0 atom stereocenters. The summed E-state index contributed by atoms with van der Waals surface area (Å²) < 4.78 is 0. The summed E-state index contributed by atoms with van der Waals surface area (Å²) >= 11 is 0. The smallest absolute Gasteiger partial charge is 0.329 e. The van der Waals surface area contributed by atoms with Gasteiger partial charge in [-0.3, -0.25) is 4.79 Å². The van der Waals surface area contributed by atoms with Crippen molar-refractivity contribution in [3.8, 4) is 0 Å². The third-order valence-corrected chi connectivity index (χ3v) is 2.68. The van der Waals surface area contributed by atoms with E-state index in [0.717, 1.165) is 4.90 Å². The summed E-state index contributed by atoms with van der Waals surface area (Å²) in [5.41, 5.74) is -0.460. The molecule has 1 aromatic rings. The Morgan fingerprint density at radius 2 is 1.88 bits per heavy atom. The van der Waals surface area contributed by atoms with Crippen molar-refractivity contribution in [3.63, 3.8) is 0 Å². The average Bonchev–Trinajstić information content (AvgIpc) is 2.27. The van der Waals surface area contributed by atoms with E-state index in [1.165, 1.54) is 27.0 Å². The van der Waals surface area contributed by atoms with Crippen molar-refractivity contribution in [2.24, 2.45) is 0 Å². The highest BCUT2D eigenvalue weighted by Gasteiger charge is 2.36. The topological polar surface area (TPSA) is 83.4 Å². The highest BCUT2D eigenvalue weighted by Crippen LogP contribution is 2.15. The van der Waals surface area contributed by atoms with Gasteiger partial charge in [-0.2, -0.15) is 5.10 Å². The van der Waals surface area contributed by atoms with Crippen LogP contribution in [0.25, 0.3) is 0 Å². The molecule has 0 unspecified atom stereocenters. The number of amides is 1. The van der Waals surface area contributed by atoms with Crippen LogP contribution in [0.2, 0.25) is 0 Å². The summed E-state index contributed by atoms with van der Waals surface area (Å²) in [6.07, 6.45) is 0. The molecule has 0 spiro atoms. The van der Waals surface area contributed by atoms with Gasteiger partial charge in [0, 0.05) is 7.05 Å². The summed E-state index contributed by atoms with van der Waals surface area (Å²) in [6.45, 7) is 4.66. The van der Waals surface area contributed by atoms with Crippen molar-refractivity contribution in [1.29, 1.82) is 0 Å². The molecule has 0 aliphatic rings. The first-order chi connectivity index (χ1) is 7.76.